The van der Waals surface area contributed by atoms with Crippen molar-refractivity contribution >= 4 is 11.8 Å². The predicted molar refractivity (Wildman–Crippen MR) is 94.3 cm³/mol. The smallest absolute Gasteiger partial charge is 0.270 e. The van der Waals surface area contributed by atoms with Crippen molar-refractivity contribution in [2.24, 2.45) is 0 Å². The van der Waals surface area contributed by atoms with E-state index in [-0.39, 0.29) is 17.9 Å². The van der Waals surface area contributed by atoms with Gasteiger partial charge in [-0.05, 0) is 18.2 Å². The second-order valence-electron chi connectivity index (χ2n) is 5.99. The molecule has 0 aromatic carbocycles. The summed E-state index contributed by atoms with van der Waals surface area (Å²) in [7, 11) is 3.12. The van der Waals surface area contributed by atoms with Crippen LogP contribution in [0.2, 0.25) is 0 Å². The van der Waals surface area contributed by atoms with E-state index in [1.165, 1.54) is 13.3 Å². The van der Waals surface area contributed by atoms with Crippen molar-refractivity contribution in [3.05, 3.63) is 47.9 Å². The first-order valence-electron chi connectivity index (χ1n) is 8.37. The Morgan fingerprint density at radius 1 is 1.35 bits per heavy atom. The van der Waals surface area contributed by atoms with Gasteiger partial charge in [0, 0.05) is 45.2 Å². The third-order valence-corrected chi connectivity index (χ3v) is 4.40. The lowest BCUT2D eigenvalue weighted by Gasteiger charge is -2.36. The molecule has 8 heteroatoms. The van der Waals surface area contributed by atoms with Gasteiger partial charge in [0.2, 0.25) is 5.88 Å². The second kappa shape index (κ2) is 8.01. The molecule has 0 fully saturated rings. The minimum absolute atomic E-state index is 0.0522. The molecule has 0 aliphatic carbocycles. The fraction of sp³-hybridized carbons (Fsp3) is 0.389. The molecule has 0 saturated heterocycles. The van der Waals surface area contributed by atoms with E-state index in [0.29, 0.717) is 43.4 Å². The molecule has 2 amide bonds. The molecule has 1 aliphatic rings. The summed E-state index contributed by atoms with van der Waals surface area (Å²) in [6.07, 6.45) is 3.34. The molecular weight excluding hydrogens is 336 g/mol. The molecule has 2 aromatic heterocycles. The van der Waals surface area contributed by atoms with Crippen molar-refractivity contribution in [3.8, 4) is 5.88 Å². The number of carbonyl (C=O) groups is 2. The van der Waals surface area contributed by atoms with Gasteiger partial charge in [-0.15, -0.1) is 0 Å². The summed E-state index contributed by atoms with van der Waals surface area (Å²) in [6.45, 7) is 1.89. The maximum atomic E-state index is 12.7. The molecule has 8 nitrogen and oxygen atoms in total. The third kappa shape index (κ3) is 3.70. The van der Waals surface area contributed by atoms with Crippen LogP contribution in [0.25, 0.3) is 0 Å². The number of pyridine rings is 1. The monoisotopic (exact) mass is 358 g/mol. The number of nitrogens with one attached hydrogen (secondary N) is 1. The van der Waals surface area contributed by atoms with Gasteiger partial charge in [-0.1, -0.05) is 0 Å². The molecule has 26 heavy (non-hydrogen) atoms. The van der Waals surface area contributed by atoms with E-state index in [1.54, 1.807) is 30.2 Å². The van der Waals surface area contributed by atoms with E-state index in [4.69, 9.17) is 9.47 Å². The summed E-state index contributed by atoms with van der Waals surface area (Å²) in [5, 5.41) is 2.89. The van der Waals surface area contributed by atoms with Crippen molar-refractivity contribution in [1.29, 1.82) is 0 Å². The van der Waals surface area contributed by atoms with Crippen LogP contribution in [0.15, 0.2) is 36.7 Å². The number of carbonyl (C=O) groups excluding carboxylic acids is 2. The molecule has 0 bridgehead atoms. The number of aromatic nitrogens is 2. The molecule has 1 aliphatic heterocycles. The molecule has 0 spiro atoms. The minimum atomic E-state index is -0.238. The Hall–Kier alpha value is -2.87. The van der Waals surface area contributed by atoms with E-state index in [2.05, 4.69) is 10.3 Å². The van der Waals surface area contributed by atoms with Crippen LogP contribution in [0.3, 0.4) is 0 Å². The van der Waals surface area contributed by atoms with Gasteiger partial charge in [0.25, 0.3) is 11.8 Å². The summed E-state index contributed by atoms with van der Waals surface area (Å²) >= 11 is 0. The van der Waals surface area contributed by atoms with Crippen LogP contribution in [0.1, 0.15) is 20.8 Å². The zero-order valence-corrected chi connectivity index (χ0v) is 14.8. The van der Waals surface area contributed by atoms with Crippen LogP contribution in [0.4, 0.5) is 0 Å². The highest BCUT2D eigenvalue weighted by atomic mass is 16.5. The molecule has 138 valence electrons. The van der Waals surface area contributed by atoms with E-state index in [9.17, 15) is 9.59 Å². The molecule has 3 rings (SSSR count). The third-order valence-electron chi connectivity index (χ3n) is 4.40. The molecule has 0 saturated carbocycles. The van der Waals surface area contributed by atoms with E-state index in [1.807, 2.05) is 16.8 Å². The average molecular weight is 358 g/mol. The SMILES string of the molecule is COCCN1C(=O)c2cccn2CC1CNC(=O)c1ccc(OC)nc1. The van der Waals surface area contributed by atoms with Crippen LogP contribution in [0.5, 0.6) is 5.88 Å². The minimum Gasteiger partial charge on any atom is -0.481 e. The zero-order chi connectivity index (χ0) is 18.5. The van der Waals surface area contributed by atoms with Crippen molar-refractivity contribution in [2.75, 3.05) is 33.9 Å². The fourth-order valence-electron chi connectivity index (χ4n) is 3.00. The average Bonchev–Trinajstić information content (AvgIpc) is 3.14. The van der Waals surface area contributed by atoms with E-state index < -0.39 is 0 Å². The number of methoxy groups -OCH3 is 2. The van der Waals surface area contributed by atoms with Crippen molar-refractivity contribution in [3.63, 3.8) is 0 Å². The Kier molecular flexibility index (Phi) is 5.52. The summed E-state index contributed by atoms with van der Waals surface area (Å²) < 4.78 is 12.0. The van der Waals surface area contributed by atoms with Gasteiger partial charge in [-0.2, -0.15) is 0 Å². The lowest BCUT2D eigenvalue weighted by molar-refractivity contribution is 0.0504. The zero-order valence-electron chi connectivity index (χ0n) is 14.8. The highest BCUT2D eigenvalue weighted by Crippen LogP contribution is 2.18. The van der Waals surface area contributed by atoms with Gasteiger partial charge in [-0.3, -0.25) is 9.59 Å². The van der Waals surface area contributed by atoms with Crippen LogP contribution < -0.4 is 10.1 Å². The number of amides is 2. The lowest BCUT2D eigenvalue weighted by atomic mass is 10.1. The summed E-state index contributed by atoms with van der Waals surface area (Å²) in [5.74, 6) is 0.159. The molecule has 1 N–H and O–H groups in total. The van der Waals surface area contributed by atoms with Gasteiger partial charge in [0.1, 0.15) is 5.69 Å². The Labute approximate surface area is 151 Å². The summed E-state index contributed by atoms with van der Waals surface area (Å²) in [4.78, 5) is 30.8. The Balaban J connectivity index is 1.68. The largest absolute Gasteiger partial charge is 0.481 e. The first-order valence-corrected chi connectivity index (χ1v) is 8.37. The van der Waals surface area contributed by atoms with Crippen molar-refractivity contribution < 1.29 is 19.1 Å². The summed E-state index contributed by atoms with van der Waals surface area (Å²) in [6, 6.07) is 6.80. The van der Waals surface area contributed by atoms with Crippen LogP contribution in [-0.2, 0) is 11.3 Å². The van der Waals surface area contributed by atoms with E-state index in [0.717, 1.165) is 0 Å². The van der Waals surface area contributed by atoms with Crippen LogP contribution >= 0.6 is 0 Å². The van der Waals surface area contributed by atoms with Crippen LogP contribution in [0, 0.1) is 0 Å². The molecule has 2 aromatic rings. The van der Waals surface area contributed by atoms with Crippen LogP contribution in [-0.4, -0.2) is 66.2 Å². The Morgan fingerprint density at radius 2 is 2.19 bits per heavy atom. The molecule has 1 unspecified atom stereocenters. The summed E-state index contributed by atoms with van der Waals surface area (Å²) in [5.41, 5.74) is 1.10. The van der Waals surface area contributed by atoms with E-state index >= 15 is 0 Å². The topological polar surface area (TPSA) is 85.7 Å². The van der Waals surface area contributed by atoms with Gasteiger partial charge >= 0.3 is 0 Å². The van der Waals surface area contributed by atoms with Gasteiger partial charge < -0.3 is 24.3 Å². The second-order valence-corrected chi connectivity index (χ2v) is 5.99. The highest BCUT2D eigenvalue weighted by Gasteiger charge is 2.32. The lowest BCUT2D eigenvalue weighted by Crippen LogP contribution is -2.53. The van der Waals surface area contributed by atoms with Gasteiger partial charge in [-0.25, -0.2) is 4.98 Å². The fourth-order valence-corrected chi connectivity index (χ4v) is 3.00. The molecular formula is C18H22N4O4. The number of hydrogen-bond donors (Lipinski definition) is 1. The number of fused-ring (bicyclic) bond motifs is 1. The standard InChI is InChI=1S/C18H22N4O4/c1-25-9-8-22-14(12-21-7-3-4-15(21)18(22)24)11-20-17(23)13-5-6-16(26-2)19-10-13/h3-7,10,14H,8-9,11-12H2,1-2H3,(H,20,23). The first kappa shape index (κ1) is 17.9. The number of ether oxygens (including phenoxy) is 2. The van der Waals surface area contributed by atoms with Crippen molar-refractivity contribution in [1.82, 2.24) is 19.8 Å². The Bertz CT molecular complexity index is 772. The quantitative estimate of drug-likeness (QED) is 0.791. The molecule has 1 atom stereocenters. The predicted octanol–water partition coefficient (Wildman–Crippen LogP) is 0.792. The first-order chi connectivity index (χ1) is 12.6. The van der Waals surface area contributed by atoms with Gasteiger partial charge in [0.05, 0.1) is 25.3 Å². The Morgan fingerprint density at radius 3 is 2.88 bits per heavy atom. The van der Waals surface area contributed by atoms with Crippen molar-refractivity contribution in [2.45, 2.75) is 12.6 Å². The number of nitrogens with zero attached hydrogens (tertiary/aromatic N) is 3. The normalized spacial score (nSPS) is 16.3. The van der Waals surface area contributed by atoms with Gasteiger partial charge in [0.15, 0.2) is 0 Å². The maximum Gasteiger partial charge on any atom is 0.270 e. The number of hydrogen-bond acceptors (Lipinski definition) is 5. The number of rotatable bonds is 7. The maximum absolute atomic E-state index is 12.7. The molecule has 3 heterocycles. The highest BCUT2D eigenvalue weighted by molar-refractivity contribution is 5.95. The molecule has 0 radical (unpaired) electrons.